The highest BCUT2D eigenvalue weighted by Gasteiger charge is 2.35. The fourth-order valence-electron chi connectivity index (χ4n) is 2.69. The molecule has 5 nitrogen and oxygen atoms in total. The van der Waals surface area contributed by atoms with Gasteiger partial charge in [-0.05, 0) is 61.1 Å². The van der Waals surface area contributed by atoms with Gasteiger partial charge < -0.3 is 4.74 Å². The largest absolute Gasteiger partial charge is 0.496 e. The normalized spacial score (nSPS) is 15.9. The highest BCUT2D eigenvalue weighted by Crippen LogP contribution is 2.31. The van der Waals surface area contributed by atoms with Crippen LogP contribution in [0.5, 0.6) is 5.75 Å². The molecule has 0 spiro atoms. The number of anilines is 1. The number of rotatable bonds is 3. The Morgan fingerprint density at radius 3 is 2.70 bits per heavy atom. The van der Waals surface area contributed by atoms with Crippen LogP contribution in [0, 0.1) is 6.92 Å². The van der Waals surface area contributed by atoms with E-state index in [2.05, 4.69) is 21.2 Å². The molecule has 1 saturated heterocycles. The number of methoxy groups -OCH3 is 1. The van der Waals surface area contributed by atoms with Gasteiger partial charge in [0.25, 0.3) is 11.8 Å². The number of nitrogens with zero attached hydrogens (tertiary/aromatic N) is 1. The van der Waals surface area contributed by atoms with Crippen molar-refractivity contribution in [1.29, 1.82) is 0 Å². The van der Waals surface area contributed by atoms with Gasteiger partial charge in [-0.2, -0.15) is 0 Å². The highest BCUT2D eigenvalue weighted by molar-refractivity contribution is 9.10. The van der Waals surface area contributed by atoms with Gasteiger partial charge in [-0.25, -0.2) is 0 Å². The Bertz CT molecular complexity index is 1010. The first-order valence-electron chi connectivity index (χ1n) is 7.83. The highest BCUT2D eigenvalue weighted by atomic mass is 79.9. The monoisotopic (exact) mass is 464 g/mol. The smallest absolute Gasteiger partial charge is 0.270 e. The number of thiocarbonyl (C=S) groups is 1. The second-order valence-electron chi connectivity index (χ2n) is 5.73. The van der Waals surface area contributed by atoms with E-state index in [0.717, 1.165) is 4.47 Å². The Morgan fingerprint density at radius 1 is 1.26 bits per heavy atom. The van der Waals surface area contributed by atoms with Gasteiger partial charge in [0.2, 0.25) is 0 Å². The average molecular weight is 466 g/mol. The van der Waals surface area contributed by atoms with E-state index < -0.39 is 11.8 Å². The van der Waals surface area contributed by atoms with Gasteiger partial charge in [0.15, 0.2) is 5.11 Å². The summed E-state index contributed by atoms with van der Waals surface area (Å²) in [4.78, 5) is 26.8. The third-order valence-corrected chi connectivity index (χ3v) is 5.26. The van der Waals surface area contributed by atoms with Crippen LogP contribution in [-0.2, 0) is 9.59 Å². The van der Waals surface area contributed by atoms with Crippen LogP contribution in [0.2, 0.25) is 5.02 Å². The first kappa shape index (κ1) is 19.5. The van der Waals surface area contributed by atoms with Gasteiger partial charge in [-0.15, -0.1) is 0 Å². The van der Waals surface area contributed by atoms with Crippen LogP contribution < -0.4 is 15.0 Å². The second kappa shape index (κ2) is 7.80. The maximum Gasteiger partial charge on any atom is 0.270 e. The summed E-state index contributed by atoms with van der Waals surface area (Å²) in [5, 5.41) is 3.07. The summed E-state index contributed by atoms with van der Waals surface area (Å²) in [5.74, 6) is -0.566. The third-order valence-electron chi connectivity index (χ3n) is 4.07. The lowest BCUT2D eigenvalue weighted by Crippen LogP contribution is -2.54. The summed E-state index contributed by atoms with van der Waals surface area (Å²) in [6.07, 6.45) is 1.48. The number of hydrogen-bond donors (Lipinski definition) is 1. The first-order chi connectivity index (χ1) is 12.8. The van der Waals surface area contributed by atoms with E-state index in [4.69, 9.17) is 28.6 Å². The molecule has 3 rings (SSSR count). The molecule has 0 radical (unpaired) electrons. The molecule has 2 aromatic rings. The molecule has 1 fully saturated rings. The van der Waals surface area contributed by atoms with E-state index >= 15 is 0 Å². The lowest BCUT2D eigenvalue weighted by molar-refractivity contribution is -0.122. The fraction of sp³-hybridized carbons (Fsp3) is 0.105. The zero-order valence-corrected chi connectivity index (χ0v) is 17.5. The number of carbonyl (C=O) groups is 2. The minimum Gasteiger partial charge on any atom is -0.496 e. The van der Waals surface area contributed by atoms with Crippen molar-refractivity contribution in [1.82, 2.24) is 5.32 Å². The van der Waals surface area contributed by atoms with E-state index in [1.54, 1.807) is 43.3 Å². The maximum absolute atomic E-state index is 13.1. The minimum atomic E-state index is -0.567. The molecule has 0 unspecified atom stereocenters. The van der Waals surface area contributed by atoms with Gasteiger partial charge in [0.1, 0.15) is 11.3 Å². The van der Waals surface area contributed by atoms with E-state index in [9.17, 15) is 9.59 Å². The number of amides is 2. The van der Waals surface area contributed by atoms with Crippen LogP contribution in [0.1, 0.15) is 11.1 Å². The van der Waals surface area contributed by atoms with Gasteiger partial charge in [-0.1, -0.05) is 33.6 Å². The molecule has 1 heterocycles. The molecule has 0 saturated carbocycles. The molecule has 0 bridgehead atoms. The van der Waals surface area contributed by atoms with Crippen molar-refractivity contribution in [2.24, 2.45) is 0 Å². The van der Waals surface area contributed by atoms with Gasteiger partial charge in [0, 0.05) is 15.1 Å². The molecule has 0 aliphatic carbocycles. The molecular weight excluding hydrogens is 452 g/mol. The van der Waals surface area contributed by atoms with Crippen LogP contribution in [0.15, 0.2) is 46.4 Å². The molecule has 1 aliphatic rings. The summed E-state index contributed by atoms with van der Waals surface area (Å²) in [6, 6.07) is 10.5. The lowest BCUT2D eigenvalue weighted by atomic mass is 10.1. The Labute approximate surface area is 175 Å². The quantitative estimate of drug-likeness (QED) is 0.418. The Hall–Kier alpha value is -2.22. The topological polar surface area (TPSA) is 58.6 Å². The number of hydrogen-bond acceptors (Lipinski definition) is 4. The van der Waals surface area contributed by atoms with Crippen molar-refractivity contribution in [3.8, 4) is 5.75 Å². The Morgan fingerprint density at radius 2 is 2.00 bits per heavy atom. The molecule has 1 N–H and O–H groups in total. The van der Waals surface area contributed by atoms with E-state index in [1.807, 2.05) is 0 Å². The number of halogens is 2. The molecular formula is C19H14BrClN2O3S. The van der Waals surface area contributed by atoms with Crippen LogP contribution in [0.25, 0.3) is 6.08 Å². The SMILES string of the molecule is COc1ccc(Br)cc1/C=C1\C(=O)NC(=S)N(c2cccc(Cl)c2C)C1=O. The molecule has 1 aliphatic heterocycles. The van der Waals surface area contributed by atoms with Crippen LogP contribution in [0.3, 0.4) is 0 Å². The second-order valence-corrected chi connectivity index (χ2v) is 7.44. The van der Waals surface area contributed by atoms with Crippen molar-refractivity contribution < 1.29 is 14.3 Å². The summed E-state index contributed by atoms with van der Waals surface area (Å²) in [5.41, 5.74) is 1.73. The van der Waals surface area contributed by atoms with Crippen molar-refractivity contribution in [3.05, 3.63) is 62.6 Å². The summed E-state index contributed by atoms with van der Waals surface area (Å²) < 4.78 is 6.10. The number of benzene rings is 2. The molecule has 138 valence electrons. The zero-order valence-electron chi connectivity index (χ0n) is 14.4. The van der Waals surface area contributed by atoms with Crippen LogP contribution >= 0.6 is 39.7 Å². The predicted octanol–water partition coefficient (Wildman–Crippen LogP) is 4.25. The molecule has 2 aromatic carbocycles. The Balaban J connectivity index is 2.11. The average Bonchev–Trinajstić information content (AvgIpc) is 2.62. The summed E-state index contributed by atoms with van der Waals surface area (Å²) >= 11 is 14.8. The predicted molar refractivity (Wildman–Crippen MR) is 113 cm³/mol. The number of ether oxygens (including phenoxy) is 1. The van der Waals surface area contributed by atoms with Crippen molar-refractivity contribution in [3.63, 3.8) is 0 Å². The molecule has 0 aromatic heterocycles. The maximum atomic E-state index is 13.1. The van der Waals surface area contributed by atoms with E-state index in [1.165, 1.54) is 18.1 Å². The summed E-state index contributed by atoms with van der Waals surface area (Å²) in [7, 11) is 1.52. The minimum absolute atomic E-state index is 0.00808. The zero-order chi connectivity index (χ0) is 19.7. The Kier molecular flexibility index (Phi) is 5.64. The van der Waals surface area contributed by atoms with E-state index in [-0.39, 0.29) is 10.7 Å². The molecule has 27 heavy (non-hydrogen) atoms. The third kappa shape index (κ3) is 3.76. The molecule has 8 heteroatoms. The molecule has 2 amide bonds. The standard InChI is InChI=1S/C19H14BrClN2O3S/c1-10-14(21)4-3-5-15(10)23-18(25)13(17(24)22-19(23)27)9-11-8-12(20)6-7-16(11)26-2/h3-9H,1-2H3,(H,22,24,27)/b13-9+. The van der Waals surface area contributed by atoms with Crippen molar-refractivity contribution in [2.75, 3.05) is 12.0 Å². The van der Waals surface area contributed by atoms with Crippen LogP contribution in [0.4, 0.5) is 5.69 Å². The van der Waals surface area contributed by atoms with Crippen molar-refractivity contribution in [2.45, 2.75) is 6.92 Å². The van der Waals surface area contributed by atoms with Crippen LogP contribution in [-0.4, -0.2) is 24.0 Å². The fourth-order valence-corrected chi connectivity index (χ4v) is 3.51. The van der Waals surface area contributed by atoms with Gasteiger partial charge >= 0.3 is 0 Å². The van der Waals surface area contributed by atoms with E-state index in [0.29, 0.717) is 27.6 Å². The van der Waals surface area contributed by atoms with Gasteiger partial charge in [-0.3, -0.25) is 19.8 Å². The van der Waals surface area contributed by atoms with Crippen molar-refractivity contribution >= 4 is 68.4 Å². The number of nitrogens with one attached hydrogen (secondary N) is 1. The summed E-state index contributed by atoms with van der Waals surface area (Å²) in [6.45, 7) is 1.78. The lowest BCUT2D eigenvalue weighted by Gasteiger charge is -2.30. The number of carbonyl (C=O) groups excluding carboxylic acids is 2. The first-order valence-corrected chi connectivity index (χ1v) is 9.41. The van der Waals surface area contributed by atoms with Gasteiger partial charge in [0.05, 0.1) is 12.8 Å². The molecule has 0 atom stereocenters.